The fourth-order valence-corrected chi connectivity index (χ4v) is 2.91. The second-order valence-electron chi connectivity index (χ2n) is 5.26. The second-order valence-corrected chi connectivity index (χ2v) is 5.65. The number of aromatic nitrogens is 1. The van der Waals surface area contributed by atoms with Crippen LogP contribution in [0.1, 0.15) is 49.4 Å². The molecule has 104 valence electrons. The lowest BCUT2D eigenvalue weighted by atomic mass is 9.84. The fourth-order valence-electron chi connectivity index (χ4n) is 2.69. The number of rotatable bonds is 3. The van der Waals surface area contributed by atoms with Crippen molar-refractivity contribution in [3.05, 3.63) is 22.8 Å². The molecule has 1 aromatic heterocycles. The molecule has 2 rings (SSSR count). The Kier molecular flexibility index (Phi) is 4.64. The van der Waals surface area contributed by atoms with Crippen LogP contribution < -0.4 is 11.1 Å². The van der Waals surface area contributed by atoms with Gasteiger partial charge in [-0.1, -0.05) is 30.9 Å². The Morgan fingerprint density at radius 3 is 2.74 bits per heavy atom. The van der Waals surface area contributed by atoms with Crippen LogP contribution in [0.3, 0.4) is 0 Å². The minimum absolute atomic E-state index is 0.130. The Hall–Kier alpha value is -1.29. The molecular weight excluding hydrogens is 262 g/mol. The quantitative estimate of drug-likeness (QED) is 0.837. The lowest BCUT2D eigenvalue weighted by Gasteiger charge is -2.28. The van der Waals surface area contributed by atoms with Crippen LogP contribution >= 0.6 is 11.6 Å². The average Bonchev–Trinajstić information content (AvgIpc) is 2.38. The Labute approximate surface area is 118 Å². The molecule has 1 heterocycles. The molecule has 1 amide bonds. The molecule has 1 fully saturated rings. The predicted molar refractivity (Wildman–Crippen MR) is 77.2 cm³/mol. The first kappa shape index (κ1) is 14.1. The van der Waals surface area contributed by atoms with E-state index in [1.165, 1.54) is 32.1 Å². The highest BCUT2D eigenvalue weighted by atomic mass is 35.5. The normalized spacial score (nSPS) is 18.0. The van der Waals surface area contributed by atoms with Crippen molar-refractivity contribution in [2.75, 3.05) is 5.73 Å². The number of nitrogens with zero attached hydrogens (tertiary/aromatic N) is 1. The van der Waals surface area contributed by atoms with Crippen molar-refractivity contribution >= 4 is 23.3 Å². The number of hydrogen-bond acceptors (Lipinski definition) is 3. The van der Waals surface area contributed by atoms with Gasteiger partial charge >= 0.3 is 0 Å². The van der Waals surface area contributed by atoms with Gasteiger partial charge in [0.1, 0.15) is 11.0 Å². The summed E-state index contributed by atoms with van der Waals surface area (Å²) in [6.07, 6.45) is 6.23. The molecule has 1 aromatic rings. The molecule has 4 nitrogen and oxygen atoms in total. The molecule has 1 unspecified atom stereocenters. The van der Waals surface area contributed by atoms with E-state index in [2.05, 4.69) is 17.2 Å². The third-order valence-corrected chi connectivity index (χ3v) is 3.99. The van der Waals surface area contributed by atoms with Gasteiger partial charge in [-0.2, -0.15) is 0 Å². The number of nitrogen functional groups attached to an aromatic ring is 1. The summed E-state index contributed by atoms with van der Waals surface area (Å²) in [7, 11) is 0. The Morgan fingerprint density at radius 1 is 1.42 bits per heavy atom. The summed E-state index contributed by atoms with van der Waals surface area (Å²) in [5.74, 6) is 0.712. The topological polar surface area (TPSA) is 68.0 Å². The number of carbonyl (C=O) groups excluding carboxylic acids is 1. The van der Waals surface area contributed by atoms with Crippen LogP contribution in [0, 0.1) is 5.92 Å². The van der Waals surface area contributed by atoms with Crippen molar-refractivity contribution < 1.29 is 4.79 Å². The van der Waals surface area contributed by atoms with E-state index in [1.54, 1.807) is 12.1 Å². The molecule has 0 bridgehead atoms. The van der Waals surface area contributed by atoms with Gasteiger partial charge in [-0.3, -0.25) is 4.79 Å². The van der Waals surface area contributed by atoms with Crippen molar-refractivity contribution in [3.8, 4) is 0 Å². The first-order chi connectivity index (χ1) is 9.06. The Balaban J connectivity index is 1.99. The second kappa shape index (κ2) is 6.24. The molecule has 1 aliphatic carbocycles. The molecule has 19 heavy (non-hydrogen) atoms. The van der Waals surface area contributed by atoms with Crippen molar-refractivity contribution in [1.29, 1.82) is 0 Å². The van der Waals surface area contributed by atoms with E-state index < -0.39 is 0 Å². The van der Waals surface area contributed by atoms with Gasteiger partial charge in [0.2, 0.25) is 0 Å². The zero-order valence-corrected chi connectivity index (χ0v) is 11.9. The highest BCUT2D eigenvalue weighted by molar-refractivity contribution is 6.29. The summed E-state index contributed by atoms with van der Waals surface area (Å²) >= 11 is 5.81. The number of carbonyl (C=O) groups is 1. The van der Waals surface area contributed by atoms with Crippen LogP contribution in [0.15, 0.2) is 12.1 Å². The number of pyridine rings is 1. The van der Waals surface area contributed by atoms with Crippen molar-refractivity contribution in [1.82, 2.24) is 10.3 Å². The fraction of sp³-hybridized carbons (Fsp3) is 0.571. The van der Waals surface area contributed by atoms with Crippen molar-refractivity contribution in [2.24, 2.45) is 5.92 Å². The first-order valence-corrected chi connectivity index (χ1v) is 7.18. The summed E-state index contributed by atoms with van der Waals surface area (Å²) in [5.41, 5.74) is 6.07. The number of hydrogen-bond donors (Lipinski definition) is 2. The van der Waals surface area contributed by atoms with E-state index in [1.807, 2.05) is 0 Å². The third-order valence-electron chi connectivity index (χ3n) is 3.79. The van der Waals surface area contributed by atoms with Crippen LogP contribution in [-0.2, 0) is 0 Å². The molecule has 0 saturated heterocycles. The number of nitrogens with two attached hydrogens (primary N) is 1. The summed E-state index contributed by atoms with van der Waals surface area (Å²) in [6, 6.07) is 3.27. The summed E-state index contributed by atoms with van der Waals surface area (Å²) in [4.78, 5) is 16.0. The molecule has 1 aliphatic rings. The van der Waals surface area contributed by atoms with Crippen LogP contribution in [0.5, 0.6) is 0 Å². The molecule has 0 radical (unpaired) electrons. The Bertz CT molecular complexity index is 438. The van der Waals surface area contributed by atoms with E-state index in [0.29, 0.717) is 11.5 Å². The standard InChI is InChI=1S/C14H20ClN3O/c1-9(10-5-3-2-4-6-10)17-14(19)11-7-12(15)18-13(16)8-11/h7-10H,2-6H2,1H3,(H2,16,18)(H,17,19). The average molecular weight is 282 g/mol. The van der Waals surface area contributed by atoms with E-state index in [-0.39, 0.29) is 22.9 Å². The van der Waals surface area contributed by atoms with Crippen LogP contribution in [-0.4, -0.2) is 16.9 Å². The van der Waals surface area contributed by atoms with Crippen LogP contribution in [0.4, 0.5) is 5.82 Å². The van der Waals surface area contributed by atoms with Gasteiger partial charge in [0.25, 0.3) is 5.91 Å². The lowest BCUT2D eigenvalue weighted by Crippen LogP contribution is -2.38. The zero-order valence-electron chi connectivity index (χ0n) is 11.2. The predicted octanol–water partition coefficient (Wildman–Crippen LogP) is 3.02. The molecule has 5 heteroatoms. The molecule has 0 aromatic carbocycles. The van der Waals surface area contributed by atoms with Gasteiger partial charge in [-0.05, 0) is 37.8 Å². The maximum absolute atomic E-state index is 12.1. The minimum atomic E-state index is -0.130. The van der Waals surface area contributed by atoms with Gasteiger partial charge in [0.15, 0.2) is 0 Å². The van der Waals surface area contributed by atoms with E-state index in [4.69, 9.17) is 17.3 Å². The van der Waals surface area contributed by atoms with Gasteiger partial charge in [0, 0.05) is 11.6 Å². The maximum Gasteiger partial charge on any atom is 0.251 e. The van der Waals surface area contributed by atoms with Crippen molar-refractivity contribution in [3.63, 3.8) is 0 Å². The summed E-state index contributed by atoms with van der Waals surface area (Å²) < 4.78 is 0. The molecule has 0 aliphatic heterocycles. The number of anilines is 1. The van der Waals surface area contributed by atoms with Gasteiger partial charge in [0.05, 0.1) is 0 Å². The maximum atomic E-state index is 12.1. The highest BCUT2D eigenvalue weighted by Gasteiger charge is 2.22. The monoisotopic (exact) mass is 281 g/mol. The number of nitrogens with one attached hydrogen (secondary N) is 1. The van der Waals surface area contributed by atoms with Crippen LogP contribution in [0.25, 0.3) is 0 Å². The summed E-state index contributed by atoms with van der Waals surface area (Å²) in [5, 5.41) is 3.29. The minimum Gasteiger partial charge on any atom is -0.384 e. The molecule has 1 atom stereocenters. The van der Waals surface area contributed by atoms with Gasteiger partial charge in [-0.25, -0.2) is 4.98 Å². The SMILES string of the molecule is CC(NC(=O)c1cc(N)nc(Cl)c1)C1CCCCC1. The van der Waals surface area contributed by atoms with Gasteiger partial charge < -0.3 is 11.1 Å². The Morgan fingerprint density at radius 2 is 2.11 bits per heavy atom. The molecule has 3 N–H and O–H groups in total. The molecular formula is C14H20ClN3O. The third kappa shape index (κ3) is 3.83. The van der Waals surface area contributed by atoms with E-state index >= 15 is 0 Å². The summed E-state index contributed by atoms with van der Waals surface area (Å²) in [6.45, 7) is 2.07. The highest BCUT2D eigenvalue weighted by Crippen LogP contribution is 2.26. The number of halogens is 1. The van der Waals surface area contributed by atoms with E-state index in [9.17, 15) is 4.79 Å². The zero-order chi connectivity index (χ0) is 13.8. The smallest absolute Gasteiger partial charge is 0.251 e. The molecule has 1 saturated carbocycles. The lowest BCUT2D eigenvalue weighted by molar-refractivity contribution is 0.0919. The first-order valence-electron chi connectivity index (χ1n) is 6.80. The molecule has 0 spiro atoms. The van der Waals surface area contributed by atoms with Crippen molar-refractivity contribution in [2.45, 2.75) is 45.1 Å². The van der Waals surface area contributed by atoms with Gasteiger partial charge in [-0.15, -0.1) is 0 Å². The largest absolute Gasteiger partial charge is 0.384 e. The van der Waals surface area contributed by atoms with E-state index in [0.717, 1.165) is 0 Å². The van der Waals surface area contributed by atoms with Crippen LogP contribution in [0.2, 0.25) is 5.15 Å². The number of amides is 1.